The minimum atomic E-state index is -0.217. The maximum absolute atomic E-state index is 13.1. The molecule has 0 amide bonds. The van der Waals surface area contributed by atoms with Crippen LogP contribution in [0.15, 0.2) is 29.3 Å². The number of nitrogens with two attached hydrogens (primary N) is 1. The topological polar surface area (TPSA) is 38.4 Å². The summed E-state index contributed by atoms with van der Waals surface area (Å²) < 4.78 is 13.1. The third-order valence-electron chi connectivity index (χ3n) is 3.70. The molecule has 1 aromatic rings. The Bertz CT molecular complexity index is 422. The van der Waals surface area contributed by atoms with E-state index in [-0.39, 0.29) is 11.9 Å². The van der Waals surface area contributed by atoms with E-state index in [9.17, 15) is 4.39 Å². The molecule has 0 bridgehead atoms. The first kappa shape index (κ1) is 13.1. The van der Waals surface area contributed by atoms with Crippen molar-refractivity contribution in [3.8, 4) is 0 Å². The van der Waals surface area contributed by atoms with Crippen LogP contribution in [0.25, 0.3) is 0 Å². The van der Waals surface area contributed by atoms with Crippen LogP contribution in [0.1, 0.15) is 50.6 Å². The lowest BCUT2D eigenvalue weighted by atomic mass is 9.88. The second-order valence-electron chi connectivity index (χ2n) is 5.12. The van der Waals surface area contributed by atoms with Crippen molar-refractivity contribution in [1.82, 2.24) is 0 Å². The molecule has 2 N–H and O–H groups in total. The van der Waals surface area contributed by atoms with Crippen LogP contribution in [0.2, 0.25) is 0 Å². The van der Waals surface area contributed by atoms with Gasteiger partial charge in [-0.05, 0) is 37.5 Å². The van der Waals surface area contributed by atoms with Gasteiger partial charge in [0.05, 0.1) is 11.9 Å². The maximum atomic E-state index is 13.1. The van der Waals surface area contributed by atoms with Crippen LogP contribution >= 0.6 is 0 Å². The van der Waals surface area contributed by atoms with Crippen molar-refractivity contribution in [3.05, 3.63) is 35.6 Å². The van der Waals surface area contributed by atoms with Gasteiger partial charge in [0.15, 0.2) is 0 Å². The summed E-state index contributed by atoms with van der Waals surface area (Å²) in [5.41, 5.74) is 6.96. The van der Waals surface area contributed by atoms with Gasteiger partial charge in [0.2, 0.25) is 0 Å². The normalized spacial score (nSPS) is 19.8. The molecule has 1 aliphatic rings. The summed E-state index contributed by atoms with van der Waals surface area (Å²) in [6, 6.07) is 6.52. The Balaban J connectivity index is 2.06. The first-order valence-corrected chi connectivity index (χ1v) is 6.75. The number of benzene rings is 1. The Kier molecular flexibility index (Phi) is 4.34. The fourth-order valence-electron chi connectivity index (χ4n) is 2.57. The summed E-state index contributed by atoms with van der Waals surface area (Å²) in [5, 5.41) is 0. The molecule has 0 saturated heterocycles. The van der Waals surface area contributed by atoms with E-state index in [2.05, 4.69) is 4.99 Å². The zero-order chi connectivity index (χ0) is 13.0. The molecule has 0 aliphatic heterocycles. The molecule has 1 atom stereocenters. The van der Waals surface area contributed by atoms with Crippen molar-refractivity contribution in [1.29, 1.82) is 0 Å². The molecule has 0 spiro atoms. The number of nitrogens with zero attached hydrogens (tertiary/aromatic N) is 1. The van der Waals surface area contributed by atoms with E-state index in [4.69, 9.17) is 5.73 Å². The van der Waals surface area contributed by atoms with Gasteiger partial charge in [-0.25, -0.2) is 4.39 Å². The molecule has 1 fully saturated rings. The van der Waals surface area contributed by atoms with E-state index >= 15 is 0 Å². The van der Waals surface area contributed by atoms with E-state index in [1.54, 1.807) is 6.07 Å². The van der Waals surface area contributed by atoms with Gasteiger partial charge in [0, 0.05) is 5.92 Å². The van der Waals surface area contributed by atoms with E-state index < -0.39 is 0 Å². The third-order valence-corrected chi connectivity index (χ3v) is 3.70. The molecule has 0 radical (unpaired) electrons. The highest BCUT2D eigenvalue weighted by molar-refractivity contribution is 5.83. The molecule has 2 nitrogen and oxygen atoms in total. The zero-order valence-corrected chi connectivity index (χ0v) is 10.9. The van der Waals surface area contributed by atoms with Crippen LogP contribution in [0.5, 0.6) is 0 Å². The van der Waals surface area contributed by atoms with Gasteiger partial charge in [-0.1, -0.05) is 31.4 Å². The van der Waals surface area contributed by atoms with Crippen LogP contribution in [0.4, 0.5) is 4.39 Å². The first-order valence-electron chi connectivity index (χ1n) is 6.75. The fourth-order valence-corrected chi connectivity index (χ4v) is 2.57. The molecule has 3 heteroatoms. The lowest BCUT2D eigenvalue weighted by Crippen LogP contribution is -2.26. The lowest BCUT2D eigenvalue weighted by molar-refractivity contribution is 0.435. The lowest BCUT2D eigenvalue weighted by Gasteiger charge is -2.22. The van der Waals surface area contributed by atoms with Crippen molar-refractivity contribution >= 4 is 5.84 Å². The molecule has 1 aromatic carbocycles. The van der Waals surface area contributed by atoms with Crippen molar-refractivity contribution in [3.63, 3.8) is 0 Å². The van der Waals surface area contributed by atoms with Gasteiger partial charge in [-0.2, -0.15) is 0 Å². The number of rotatable bonds is 3. The Hall–Kier alpha value is -1.38. The van der Waals surface area contributed by atoms with Gasteiger partial charge in [0.1, 0.15) is 5.82 Å². The Morgan fingerprint density at radius 3 is 2.72 bits per heavy atom. The second-order valence-corrected chi connectivity index (χ2v) is 5.12. The van der Waals surface area contributed by atoms with E-state index in [0.29, 0.717) is 5.92 Å². The van der Waals surface area contributed by atoms with Gasteiger partial charge in [-0.3, -0.25) is 4.99 Å². The van der Waals surface area contributed by atoms with E-state index in [1.807, 2.05) is 13.0 Å². The zero-order valence-electron chi connectivity index (χ0n) is 10.9. The van der Waals surface area contributed by atoms with Crippen LogP contribution in [0.3, 0.4) is 0 Å². The van der Waals surface area contributed by atoms with Crippen LogP contribution < -0.4 is 5.73 Å². The average Bonchev–Trinajstić information content (AvgIpc) is 2.39. The van der Waals surface area contributed by atoms with Crippen LogP contribution in [-0.4, -0.2) is 5.84 Å². The highest BCUT2D eigenvalue weighted by atomic mass is 19.1. The van der Waals surface area contributed by atoms with Gasteiger partial charge in [-0.15, -0.1) is 0 Å². The maximum Gasteiger partial charge on any atom is 0.123 e. The summed E-state index contributed by atoms with van der Waals surface area (Å²) in [6.07, 6.45) is 6.09. The predicted octanol–water partition coefficient (Wildman–Crippen LogP) is 3.82. The van der Waals surface area contributed by atoms with Gasteiger partial charge < -0.3 is 5.73 Å². The van der Waals surface area contributed by atoms with E-state index in [0.717, 1.165) is 24.2 Å². The minimum Gasteiger partial charge on any atom is -0.387 e. The fraction of sp³-hybridized carbons (Fsp3) is 0.533. The Morgan fingerprint density at radius 2 is 2.06 bits per heavy atom. The molecule has 0 heterocycles. The summed E-state index contributed by atoms with van der Waals surface area (Å²) >= 11 is 0. The Labute approximate surface area is 108 Å². The standard InChI is InChI=1S/C15H21FN2/c1-11(13-8-5-9-14(16)10-13)18-15(17)12-6-3-2-4-7-12/h5,8-12H,2-4,6-7H2,1H3,(H2,17,18). The SMILES string of the molecule is CC(N=C(N)C1CCCCC1)c1cccc(F)c1. The van der Waals surface area contributed by atoms with Gasteiger partial charge in [0.25, 0.3) is 0 Å². The molecule has 18 heavy (non-hydrogen) atoms. The van der Waals surface area contributed by atoms with Crippen molar-refractivity contribution in [2.45, 2.75) is 45.1 Å². The van der Waals surface area contributed by atoms with Crippen molar-refractivity contribution in [2.75, 3.05) is 0 Å². The van der Waals surface area contributed by atoms with E-state index in [1.165, 1.54) is 31.4 Å². The number of amidine groups is 1. The molecule has 1 aliphatic carbocycles. The molecule has 1 unspecified atom stereocenters. The quantitative estimate of drug-likeness (QED) is 0.641. The smallest absolute Gasteiger partial charge is 0.123 e. The first-order chi connectivity index (χ1) is 8.66. The van der Waals surface area contributed by atoms with Crippen LogP contribution in [0, 0.1) is 11.7 Å². The highest BCUT2D eigenvalue weighted by Gasteiger charge is 2.17. The van der Waals surface area contributed by atoms with Crippen LogP contribution in [-0.2, 0) is 0 Å². The number of halogens is 1. The van der Waals surface area contributed by atoms with Gasteiger partial charge >= 0.3 is 0 Å². The molecule has 1 saturated carbocycles. The monoisotopic (exact) mass is 248 g/mol. The van der Waals surface area contributed by atoms with Crippen molar-refractivity contribution in [2.24, 2.45) is 16.6 Å². The molecule has 2 rings (SSSR count). The largest absolute Gasteiger partial charge is 0.387 e. The average molecular weight is 248 g/mol. The summed E-state index contributed by atoms with van der Waals surface area (Å²) in [4.78, 5) is 4.54. The number of hydrogen-bond donors (Lipinski definition) is 1. The summed E-state index contributed by atoms with van der Waals surface area (Å²) in [6.45, 7) is 1.96. The minimum absolute atomic E-state index is 0.0670. The Morgan fingerprint density at radius 1 is 1.33 bits per heavy atom. The van der Waals surface area contributed by atoms with Crippen molar-refractivity contribution < 1.29 is 4.39 Å². The molecule has 0 aromatic heterocycles. The predicted molar refractivity (Wildman–Crippen MR) is 73.0 cm³/mol. The molecular weight excluding hydrogens is 227 g/mol. The summed E-state index contributed by atoms with van der Waals surface area (Å²) in [7, 11) is 0. The number of hydrogen-bond acceptors (Lipinski definition) is 1. The third kappa shape index (κ3) is 3.31. The molecular formula is C15H21FN2. The second kappa shape index (κ2) is 5.98. The molecule has 98 valence electrons. The number of aliphatic imine (C=N–C) groups is 1. The highest BCUT2D eigenvalue weighted by Crippen LogP contribution is 2.25. The summed E-state index contributed by atoms with van der Waals surface area (Å²) in [5.74, 6) is 0.951.